The van der Waals surface area contributed by atoms with Gasteiger partial charge in [-0.2, -0.15) is 0 Å². The molecule has 1 fully saturated rings. The molecule has 1 aromatic carbocycles. The zero-order valence-corrected chi connectivity index (χ0v) is 10.9. The highest BCUT2D eigenvalue weighted by molar-refractivity contribution is 6.17. The van der Waals surface area contributed by atoms with Crippen LogP contribution in [0.25, 0.3) is 0 Å². The minimum atomic E-state index is 0.506. The summed E-state index contributed by atoms with van der Waals surface area (Å²) < 4.78 is 0. The molecular weight excluding hydrogens is 218 g/mol. The average molecular weight is 238 g/mol. The van der Waals surface area contributed by atoms with Crippen molar-refractivity contribution in [1.82, 2.24) is 0 Å². The predicted molar refractivity (Wildman–Crippen MR) is 71.2 cm³/mol. The lowest BCUT2D eigenvalue weighted by molar-refractivity contribution is 0.279. The van der Waals surface area contributed by atoms with Crippen LogP contribution in [0.5, 0.6) is 0 Å². The Balaban J connectivity index is 2.14. The Labute approximate surface area is 103 Å². The summed E-state index contributed by atoms with van der Waals surface area (Å²) in [5.74, 6) is 0.607. The van der Waals surface area contributed by atoms with E-state index >= 15 is 0 Å². The van der Waals surface area contributed by atoms with Crippen LogP contribution in [0, 0.1) is 5.41 Å². The standard InChI is InChI=1S/C14H20ClN/c1-14(2)7-9-16(10-8-14)13-6-4-3-5-12(13)11-15/h3-6H,7-11H2,1-2H3. The zero-order valence-electron chi connectivity index (χ0n) is 10.2. The third-order valence-corrected chi connectivity index (χ3v) is 3.88. The van der Waals surface area contributed by atoms with E-state index in [-0.39, 0.29) is 0 Å². The summed E-state index contributed by atoms with van der Waals surface area (Å²) in [6.07, 6.45) is 2.53. The topological polar surface area (TPSA) is 3.24 Å². The largest absolute Gasteiger partial charge is 0.371 e. The van der Waals surface area contributed by atoms with Gasteiger partial charge in [0.1, 0.15) is 0 Å². The Morgan fingerprint density at radius 1 is 1.19 bits per heavy atom. The number of para-hydroxylation sites is 1. The molecule has 0 amide bonds. The number of hydrogen-bond acceptors (Lipinski definition) is 1. The molecule has 0 aromatic heterocycles. The second-order valence-electron chi connectivity index (χ2n) is 5.41. The van der Waals surface area contributed by atoms with Crippen LogP contribution < -0.4 is 4.90 Å². The third-order valence-electron chi connectivity index (χ3n) is 3.59. The molecule has 0 saturated carbocycles. The molecule has 2 rings (SSSR count). The van der Waals surface area contributed by atoms with Crippen molar-refractivity contribution < 1.29 is 0 Å². The van der Waals surface area contributed by atoms with Crippen molar-refractivity contribution in [3.8, 4) is 0 Å². The molecular formula is C14H20ClN. The van der Waals surface area contributed by atoms with Gasteiger partial charge in [0.15, 0.2) is 0 Å². The zero-order chi connectivity index (χ0) is 11.6. The SMILES string of the molecule is CC1(C)CCN(c2ccccc2CCl)CC1. The normalized spacial score (nSPS) is 19.8. The van der Waals surface area contributed by atoms with Crippen LogP contribution in [0.4, 0.5) is 5.69 Å². The van der Waals surface area contributed by atoms with E-state index in [1.807, 2.05) is 0 Å². The molecule has 1 saturated heterocycles. The maximum atomic E-state index is 5.98. The van der Waals surface area contributed by atoms with Crippen molar-refractivity contribution in [2.24, 2.45) is 5.41 Å². The Bertz CT molecular complexity index is 350. The van der Waals surface area contributed by atoms with Gasteiger partial charge in [0, 0.05) is 24.7 Å². The average Bonchev–Trinajstić information content (AvgIpc) is 2.29. The molecule has 0 unspecified atom stereocenters. The van der Waals surface area contributed by atoms with E-state index < -0.39 is 0 Å². The van der Waals surface area contributed by atoms with E-state index in [0.717, 1.165) is 13.1 Å². The highest BCUT2D eigenvalue weighted by Gasteiger charge is 2.25. The molecule has 0 radical (unpaired) electrons. The molecule has 1 heterocycles. The second kappa shape index (κ2) is 4.67. The summed E-state index contributed by atoms with van der Waals surface area (Å²) in [5, 5.41) is 0. The van der Waals surface area contributed by atoms with E-state index in [2.05, 4.69) is 43.0 Å². The molecule has 0 aliphatic carbocycles. The molecule has 2 heteroatoms. The van der Waals surface area contributed by atoms with Gasteiger partial charge in [0.25, 0.3) is 0 Å². The summed E-state index contributed by atoms with van der Waals surface area (Å²) in [7, 11) is 0. The fraction of sp³-hybridized carbons (Fsp3) is 0.571. The Morgan fingerprint density at radius 3 is 2.44 bits per heavy atom. The van der Waals surface area contributed by atoms with Gasteiger partial charge >= 0.3 is 0 Å². The monoisotopic (exact) mass is 237 g/mol. The van der Waals surface area contributed by atoms with E-state index in [0.29, 0.717) is 11.3 Å². The number of nitrogens with zero attached hydrogens (tertiary/aromatic N) is 1. The quantitative estimate of drug-likeness (QED) is 0.702. The van der Waals surface area contributed by atoms with Gasteiger partial charge < -0.3 is 4.90 Å². The first-order valence-electron chi connectivity index (χ1n) is 6.01. The number of benzene rings is 1. The summed E-state index contributed by atoms with van der Waals surface area (Å²) in [6.45, 7) is 7.03. The van der Waals surface area contributed by atoms with Crippen molar-refractivity contribution in [3.63, 3.8) is 0 Å². The molecule has 1 aromatic rings. The Morgan fingerprint density at radius 2 is 1.81 bits per heavy atom. The van der Waals surface area contributed by atoms with Gasteiger partial charge in [-0.05, 0) is 29.9 Å². The number of hydrogen-bond donors (Lipinski definition) is 0. The van der Waals surface area contributed by atoms with Crippen LogP contribution >= 0.6 is 11.6 Å². The molecule has 0 N–H and O–H groups in total. The lowest BCUT2D eigenvalue weighted by Gasteiger charge is -2.38. The lowest BCUT2D eigenvalue weighted by Crippen LogP contribution is -2.37. The Hall–Kier alpha value is -0.690. The molecule has 0 spiro atoms. The van der Waals surface area contributed by atoms with Crippen molar-refractivity contribution in [1.29, 1.82) is 0 Å². The van der Waals surface area contributed by atoms with Gasteiger partial charge in [-0.1, -0.05) is 32.0 Å². The summed E-state index contributed by atoms with van der Waals surface area (Å²) in [4.78, 5) is 2.48. The molecule has 1 aliphatic rings. The van der Waals surface area contributed by atoms with Crippen molar-refractivity contribution in [2.75, 3.05) is 18.0 Å². The number of halogens is 1. The second-order valence-corrected chi connectivity index (χ2v) is 5.68. The predicted octanol–water partition coefficient (Wildman–Crippen LogP) is 4.05. The first kappa shape index (κ1) is 11.8. The fourth-order valence-electron chi connectivity index (χ4n) is 2.29. The molecule has 0 bridgehead atoms. The van der Waals surface area contributed by atoms with Crippen LogP contribution in [0.15, 0.2) is 24.3 Å². The van der Waals surface area contributed by atoms with Gasteiger partial charge in [-0.15, -0.1) is 11.6 Å². The van der Waals surface area contributed by atoms with Crippen LogP contribution in [0.2, 0.25) is 0 Å². The minimum absolute atomic E-state index is 0.506. The van der Waals surface area contributed by atoms with Crippen LogP contribution in [-0.2, 0) is 5.88 Å². The first-order valence-corrected chi connectivity index (χ1v) is 6.55. The van der Waals surface area contributed by atoms with E-state index in [1.165, 1.54) is 24.1 Å². The van der Waals surface area contributed by atoms with Crippen LogP contribution in [0.1, 0.15) is 32.3 Å². The molecule has 16 heavy (non-hydrogen) atoms. The first-order chi connectivity index (χ1) is 7.62. The maximum Gasteiger partial charge on any atom is 0.0494 e. The minimum Gasteiger partial charge on any atom is -0.371 e. The highest BCUT2D eigenvalue weighted by Crippen LogP contribution is 2.33. The third kappa shape index (κ3) is 2.52. The maximum absolute atomic E-state index is 5.98. The molecule has 1 nitrogen and oxygen atoms in total. The van der Waals surface area contributed by atoms with E-state index in [4.69, 9.17) is 11.6 Å². The van der Waals surface area contributed by atoms with Gasteiger partial charge in [-0.25, -0.2) is 0 Å². The van der Waals surface area contributed by atoms with Gasteiger partial charge in [0.2, 0.25) is 0 Å². The summed E-state index contributed by atoms with van der Waals surface area (Å²) in [6, 6.07) is 8.48. The van der Waals surface area contributed by atoms with Crippen molar-refractivity contribution in [2.45, 2.75) is 32.6 Å². The Kier molecular flexibility index (Phi) is 3.44. The summed E-state index contributed by atoms with van der Waals surface area (Å²) in [5.41, 5.74) is 3.09. The number of rotatable bonds is 2. The molecule has 1 aliphatic heterocycles. The number of anilines is 1. The summed E-state index contributed by atoms with van der Waals surface area (Å²) >= 11 is 5.98. The van der Waals surface area contributed by atoms with Crippen molar-refractivity contribution in [3.05, 3.63) is 29.8 Å². The molecule has 88 valence electrons. The fourth-order valence-corrected chi connectivity index (χ4v) is 2.51. The van der Waals surface area contributed by atoms with Crippen LogP contribution in [-0.4, -0.2) is 13.1 Å². The smallest absolute Gasteiger partial charge is 0.0494 e. The van der Waals surface area contributed by atoms with Gasteiger partial charge in [-0.3, -0.25) is 0 Å². The molecule has 0 atom stereocenters. The number of piperidine rings is 1. The van der Waals surface area contributed by atoms with E-state index in [1.54, 1.807) is 0 Å². The number of alkyl halides is 1. The van der Waals surface area contributed by atoms with Crippen LogP contribution in [0.3, 0.4) is 0 Å². The lowest BCUT2D eigenvalue weighted by atomic mass is 9.82. The van der Waals surface area contributed by atoms with Gasteiger partial charge in [0.05, 0.1) is 0 Å². The highest BCUT2D eigenvalue weighted by atomic mass is 35.5. The van der Waals surface area contributed by atoms with E-state index in [9.17, 15) is 0 Å². The van der Waals surface area contributed by atoms with Crippen molar-refractivity contribution >= 4 is 17.3 Å².